The fourth-order valence-corrected chi connectivity index (χ4v) is 5.45. The normalized spacial score (nSPS) is 12.8. The van der Waals surface area contributed by atoms with Crippen molar-refractivity contribution in [2.45, 2.75) is 45.3 Å². The molecule has 0 fully saturated rings. The maximum atomic E-state index is 14.8. The minimum Gasteiger partial charge on any atom is -0.352 e. The van der Waals surface area contributed by atoms with Crippen LogP contribution in [0.4, 0.5) is 10.1 Å². The van der Waals surface area contributed by atoms with E-state index in [1.54, 1.807) is 6.07 Å². The van der Waals surface area contributed by atoms with Gasteiger partial charge >= 0.3 is 0 Å². The summed E-state index contributed by atoms with van der Waals surface area (Å²) in [5, 5.41) is 3.29. The van der Waals surface area contributed by atoms with Gasteiger partial charge in [-0.2, -0.15) is 0 Å². The quantitative estimate of drug-likeness (QED) is 0.296. The molecule has 0 spiro atoms. The molecule has 0 bridgehead atoms. The van der Waals surface area contributed by atoms with Gasteiger partial charge in [-0.05, 0) is 43.2 Å². The molecule has 7 nitrogen and oxygen atoms in total. The standard InChI is InChI=1S/C29H32Cl2FN3O4S/c1-4-20(2)33-29(37)27(14-21-10-6-5-7-11-21)34(18-22-12-8-9-13-26(22)32)28(36)19-35(40(3,38)39)25-16-23(30)15-24(31)17-25/h5-13,15-17,20,27H,4,14,18-19H2,1-3H3,(H,33,37)/t20-,27-/m1/s1. The summed E-state index contributed by atoms with van der Waals surface area (Å²) < 4.78 is 41.3. The Kier molecular flexibility index (Phi) is 11.0. The second-order valence-electron chi connectivity index (χ2n) is 9.53. The van der Waals surface area contributed by atoms with Crippen molar-refractivity contribution in [2.24, 2.45) is 0 Å². The first-order valence-corrected chi connectivity index (χ1v) is 15.3. The third-order valence-electron chi connectivity index (χ3n) is 6.39. The van der Waals surface area contributed by atoms with Crippen molar-refractivity contribution in [3.05, 3.63) is 99.8 Å². The van der Waals surface area contributed by atoms with Crippen LogP contribution in [0.1, 0.15) is 31.4 Å². The lowest BCUT2D eigenvalue weighted by molar-refractivity contribution is -0.140. The van der Waals surface area contributed by atoms with Crippen molar-refractivity contribution in [1.82, 2.24) is 10.2 Å². The first-order valence-electron chi connectivity index (χ1n) is 12.7. The van der Waals surface area contributed by atoms with E-state index in [1.807, 2.05) is 44.2 Å². The van der Waals surface area contributed by atoms with Crippen LogP contribution >= 0.6 is 23.2 Å². The number of sulfonamides is 1. The molecule has 2 atom stereocenters. The van der Waals surface area contributed by atoms with E-state index in [1.165, 1.54) is 41.3 Å². The van der Waals surface area contributed by atoms with Gasteiger partial charge in [-0.25, -0.2) is 12.8 Å². The van der Waals surface area contributed by atoms with Gasteiger partial charge in [0.15, 0.2) is 0 Å². The first-order chi connectivity index (χ1) is 18.9. The topological polar surface area (TPSA) is 86.8 Å². The Morgan fingerprint density at radius 1 is 0.975 bits per heavy atom. The highest BCUT2D eigenvalue weighted by atomic mass is 35.5. The van der Waals surface area contributed by atoms with Crippen LogP contribution in [0.25, 0.3) is 0 Å². The Morgan fingerprint density at radius 2 is 1.57 bits per heavy atom. The number of nitrogens with zero attached hydrogens (tertiary/aromatic N) is 2. The van der Waals surface area contributed by atoms with Crippen LogP contribution in [0.2, 0.25) is 10.0 Å². The van der Waals surface area contributed by atoms with Crippen molar-refractivity contribution in [1.29, 1.82) is 0 Å². The van der Waals surface area contributed by atoms with Gasteiger partial charge in [-0.3, -0.25) is 13.9 Å². The van der Waals surface area contributed by atoms with Crippen LogP contribution < -0.4 is 9.62 Å². The zero-order chi connectivity index (χ0) is 29.4. The van der Waals surface area contributed by atoms with E-state index < -0.39 is 40.2 Å². The number of rotatable bonds is 12. The van der Waals surface area contributed by atoms with E-state index >= 15 is 0 Å². The molecule has 0 saturated carbocycles. The van der Waals surface area contributed by atoms with Gasteiger partial charge in [-0.1, -0.05) is 78.7 Å². The predicted octanol–water partition coefficient (Wildman–Crippen LogP) is 5.45. The van der Waals surface area contributed by atoms with E-state index in [9.17, 15) is 22.4 Å². The van der Waals surface area contributed by atoms with Gasteiger partial charge in [0.05, 0.1) is 11.9 Å². The SMILES string of the molecule is CC[C@@H](C)NC(=O)[C@@H](Cc1ccccc1)N(Cc1ccccc1F)C(=O)CN(c1cc(Cl)cc(Cl)c1)S(C)(=O)=O. The summed E-state index contributed by atoms with van der Waals surface area (Å²) in [6, 6.07) is 18.0. The molecular weight excluding hydrogens is 576 g/mol. The van der Waals surface area contributed by atoms with Crippen LogP contribution in [0.3, 0.4) is 0 Å². The van der Waals surface area contributed by atoms with E-state index in [0.717, 1.165) is 16.1 Å². The van der Waals surface area contributed by atoms with Crippen LogP contribution in [0, 0.1) is 5.82 Å². The maximum Gasteiger partial charge on any atom is 0.244 e. The lowest BCUT2D eigenvalue weighted by Crippen LogP contribution is -2.54. The Bertz CT molecular complexity index is 1420. The summed E-state index contributed by atoms with van der Waals surface area (Å²) >= 11 is 12.2. The number of halogens is 3. The first kappa shape index (κ1) is 31.4. The molecule has 0 heterocycles. The van der Waals surface area contributed by atoms with Gasteiger partial charge in [0.2, 0.25) is 21.8 Å². The molecule has 3 aromatic rings. The average Bonchev–Trinajstić information content (AvgIpc) is 2.89. The smallest absolute Gasteiger partial charge is 0.244 e. The van der Waals surface area contributed by atoms with Crippen molar-refractivity contribution < 1.29 is 22.4 Å². The van der Waals surface area contributed by atoms with Gasteiger partial charge < -0.3 is 10.2 Å². The minimum absolute atomic E-state index is 0.0860. The third-order valence-corrected chi connectivity index (χ3v) is 7.96. The largest absolute Gasteiger partial charge is 0.352 e. The van der Waals surface area contributed by atoms with Crippen molar-refractivity contribution in [3.63, 3.8) is 0 Å². The zero-order valence-corrected chi connectivity index (χ0v) is 24.8. The Hall–Kier alpha value is -3.14. The van der Waals surface area contributed by atoms with Crippen molar-refractivity contribution >= 4 is 50.7 Å². The number of hydrogen-bond donors (Lipinski definition) is 1. The lowest BCUT2D eigenvalue weighted by Gasteiger charge is -2.34. The monoisotopic (exact) mass is 607 g/mol. The molecule has 0 aliphatic rings. The molecule has 11 heteroatoms. The fourth-order valence-electron chi connectivity index (χ4n) is 4.10. The number of amides is 2. The molecule has 0 aromatic heterocycles. The Balaban J connectivity index is 2.09. The van der Waals surface area contributed by atoms with Crippen LogP contribution in [-0.2, 0) is 32.6 Å². The highest BCUT2D eigenvalue weighted by Gasteiger charge is 2.34. The van der Waals surface area contributed by atoms with E-state index in [4.69, 9.17) is 23.2 Å². The average molecular weight is 609 g/mol. The summed E-state index contributed by atoms with van der Waals surface area (Å²) in [6.07, 6.45) is 1.74. The van der Waals surface area contributed by atoms with E-state index in [0.29, 0.717) is 6.42 Å². The number of carbonyl (C=O) groups excluding carboxylic acids is 2. The number of carbonyl (C=O) groups is 2. The van der Waals surface area contributed by atoms with Crippen LogP contribution in [0.5, 0.6) is 0 Å². The Labute approximate surface area is 244 Å². The molecule has 1 N–H and O–H groups in total. The molecule has 0 aliphatic heterocycles. The van der Waals surface area contributed by atoms with Crippen molar-refractivity contribution in [3.8, 4) is 0 Å². The summed E-state index contributed by atoms with van der Waals surface area (Å²) in [7, 11) is -3.99. The summed E-state index contributed by atoms with van der Waals surface area (Å²) in [5.74, 6) is -1.69. The van der Waals surface area contributed by atoms with Crippen LogP contribution in [0.15, 0.2) is 72.8 Å². The van der Waals surface area contributed by atoms with Crippen molar-refractivity contribution in [2.75, 3.05) is 17.1 Å². The zero-order valence-electron chi connectivity index (χ0n) is 22.5. The molecule has 40 heavy (non-hydrogen) atoms. The van der Waals surface area contributed by atoms with Gasteiger partial charge in [-0.15, -0.1) is 0 Å². The number of benzene rings is 3. The highest BCUT2D eigenvalue weighted by molar-refractivity contribution is 7.92. The molecule has 0 radical (unpaired) electrons. The molecule has 214 valence electrons. The summed E-state index contributed by atoms with van der Waals surface area (Å²) in [6.45, 7) is 2.84. The number of nitrogens with one attached hydrogen (secondary N) is 1. The molecule has 3 rings (SSSR count). The molecule has 3 aromatic carbocycles. The van der Waals surface area contributed by atoms with Gasteiger partial charge in [0.25, 0.3) is 0 Å². The fraction of sp³-hybridized carbons (Fsp3) is 0.310. The van der Waals surface area contributed by atoms with Crippen LogP contribution in [-0.4, -0.2) is 50.0 Å². The van der Waals surface area contributed by atoms with Gasteiger partial charge in [0, 0.05) is 34.6 Å². The summed E-state index contributed by atoms with van der Waals surface area (Å²) in [5.41, 5.74) is 1.05. The molecular formula is C29H32Cl2FN3O4S. The van der Waals surface area contributed by atoms with E-state index in [-0.39, 0.29) is 40.3 Å². The Morgan fingerprint density at radius 3 is 2.15 bits per heavy atom. The molecule has 2 amide bonds. The second-order valence-corrected chi connectivity index (χ2v) is 12.3. The molecule has 0 unspecified atom stereocenters. The predicted molar refractivity (Wildman–Crippen MR) is 157 cm³/mol. The lowest BCUT2D eigenvalue weighted by atomic mass is 10.0. The molecule has 0 aliphatic carbocycles. The number of anilines is 1. The highest BCUT2D eigenvalue weighted by Crippen LogP contribution is 2.27. The second kappa shape index (κ2) is 14.0. The number of hydrogen-bond acceptors (Lipinski definition) is 4. The van der Waals surface area contributed by atoms with Gasteiger partial charge in [0.1, 0.15) is 18.4 Å². The van der Waals surface area contributed by atoms with E-state index in [2.05, 4.69) is 5.32 Å². The minimum atomic E-state index is -3.99. The maximum absolute atomic E-state index is 14.8. The molecule has 0 saturated heterocycles. The summed E-state index contributed by atoms with van der Waals surface area (Å²) in [4.78, 5) is 28.8. The third kappa shape index (κ3) is 8.68.